The summed E-state index contributed by atoms with van der Waals surface area (Å²) >= 11 is 1.78. The summed E-state index contributed by atoms with van der Waals surface area (Å²) in [7, 11) is -3.28. The lowest BCUT2D eigenvalue weighted by Gasteiger charge is -2.42. The van der Waals surface area contributed by atoms with Crippen molar-refractivity contribution in [1.29, 1.82) is 0 Å². The molecule has 0 amide bonds. The normalized spacial score (nSPS) is 29.4. The quantitative estimate of drug-likeness (QED) is 0.846. The van der Waals surface area contributed by atoms with Crippen LogP contribution >= 0.6 is 11.8 Å². The summed E-state index contributed by atoms with van der Waals surface area (Å²) in [6, 6.07) is 0.135. The zero-order valence-electron chi connectivity index (χ0n) is 12.5. The Morgan fingerprint density at radius 2 is 1.90 bits per heavy atom. The van der Waals surface area contributed by atoms with E-state index in [2.05, 4.69) is 6.26 Å². The zero-order valence-corrected chi connectivity index (χ0v) is 14.2. The van der Waals surface area contributed by atoms with Crippen LogP contribution in [0.25, 0.3) is 0 Å². The first-order chi connectivity index (χ1) is 9.45. The van der Waals surface area contributed by atoms with Crippen molar-refractivity contribution in [2.75, 3.05) is 32.4 Å². The van der Waals surface area contributed by atoms with Crippen molar-refractivity contribution in [3.05, 3.63) is 0 Å². The second-order valence-electron chi connectivity index (χ2n) is 5.95. The van der Waals surface area contributed by atoms with Crippen LogP contribution in [-0.2, 0) is 10.2 Å². The highest BCUT2D eigenvalue weighted by Gasteiger charge is 2.40. The summed E-state index contributed by atoms with van der Waals surface area (Å²) in [6.45, 7) is 4.52. The highest BCUT2D eigenvalue weighted by Crippen LogP contribution is 2.35. The SMILES string of the molecule is CSC1(CN)CCN(S(=O)(=O)N2CCCCC2C)CC1. The van der Waals surface area contributed by atoms with Crippen molar-refractivity contribution in [2.45, 2.75) is 49.8 Å². The van der Waals surface area contributed by atoms with E-state index in [1.54, 1.807) is 20.4 Å². The van der Waals surface area contributed by atoms with Gasteiger partial charge in [0.05, 0.1) is 0 Å². The third-order valence-corrected chi connectivity index (χ3v) is 8.40. The highest BCUT2D eigenvalue weighted by molar-refractivity contribution is 8.00. The molecule has 2 saturated heterocycles. The molecular formula is C13H27N3O2S2. The lowest BCUT2D eigenvalue weighted by molar-refractivity contribution is 0.226. The fourth-order valence-corrected chi connectivity index (χ4v) is 5.80. The van der Waals surface area contributed by atoms with Gasteiger partial charge in [-0.15, -0.1) is 0 Å². The first-order valence-corrected chi connectivity index (χ1v) is 10.1. The van der Waals surface area contributed by atoms with E-state index in [9.17, 15) is 8.42 Å². The summed E-state index contributed by atoms with van der Waals surface area (Å²) in [5, 5.41) is 0. The monoisotopic (exact) mass is 321 g/mol. The van der Waals surface area contributed by atoms with Crippen LogP contribution in [0, 0.1) is 0 Å². The molecule has 0 saturated carbocycles. The molecule has 2 rings (SSSR count). The number of hydrogen-bond donors (Lipinski definition) is 1. The van der Waals surface area contributed by atoms with Gasteiger partial charge in [0.2, 0.25) is 0 Å². The Balaban J connectivity index is 2.05. The van der Waals surface area contributed by atoms with Crippen molar-refractivity contribution in [1.82, 2.24) is 8.61 Å². The predicted octanol–water partition coefficient (Wildman–Crippen LogP) is 1.26. The van der Waals surface area contributed by atoms with E-state index in [4.69, 9.17) is 5.73 Å². The van der Waals surface area contributed by atoms with Gasteiger partial charge in [-0.25, -0.2) is 0 Å². The Morgan fingerprint density at radius 3 is 2.40 bits per heavy atom. The van der Waals surface area contributed by atoms with Crippen LogP contribution in [0.3, 0.4) is 0 Å². The molecule has 0 spiro atoms. The Hall–Kier alpha value is 0.180. The maximum atomic E-state index is 12.8. The molecule has 2 aliphatic rings. The number of piperidine rings is 2. The Kier molecular flexibility index (Phi) is 5.40. The molecule has 2 aliphatic heterocycles. The van der Waals surface area contributed by atoms with Crippen LogP contribution in [0.2, 0.25) is 0 Å². The minimum absolute atomic E-state index is 0.0690. The van der Waals surface area contributed by atoms with Crippen LogP contribution in [0.4, 0.5) is 0 Å². The van der Waals surface area contributed by atoms with Crippen molar-refractivity contribution in [3.63, 3.8) is 0 Å². The molecular weight excluding hydrogens is 294 g/mol. The predicted molar refractivity (Wildman–Crippen MR) is 85.0 cm³/mol. The van der Waals surface area contributed by atoms with Crippen LogP contribution in [-0.4, -0.2) is 60.3 Å². The van der Waals surface area contributed by atoms with E-state index in [1.807, 2.05) is 6.92 Å². The van der Waals surface area contributed by atoms with Crippen LogP contribution in [0.15, 0.2) is 0 Å². The maximum absolute atomic E-state index is 12.8. The smallest absolute Gasteiger partial charge is 0.282 e. The fraction of sp³-hybridized carbons (Fsp3) is 1.00. The molecule has 5 nitrogen and oxygen atoms in total. The van der Waals surface area contributed by atoms with E-state index >= 15 is 0 Å². The Bertz CT molecular complexity index is 413. The van der Waals surface area contributed by atoms with Gasteiger partial charge in [-0.1, -0.05) is 6.42 Å². The van der Waals surface area contributed by atoms with Gasteiger partial charge < -0.3 is 5.73 Å². The van der Waals surface area contributed by atoms with Gasteiger partial charge in [0.25, 0.3) is 10.2 Å². The van der Waals surface area contributed by atoms with Crippen molar-refractivity contribution in [2.24, 2.45) is 5.73 Å². The molecule has 118 valence electrons. The number of thioether (sulfide) groups is 1. The maximum Gasteiger partial charge on any atom is 0.282 e. The van der Waals surface area contributed by atoms with Gasteiger partial charge in [0, 0.05) is 37.0 Å². The molecule has 1 atom stereocenters. The lowest BCUT2D eigenvalue weighted by Crippen LogP contribution is -2.54. The van der Waals surface area contributed by atoms with Gasteiger partial charge in [-0.2, -0.15) is 28.8 Å². The third-order valence-electron chi connectivity index (χ3n) is 4.80. The fourth-order valence-electron chi connectivity index (χ4n) is 3.18. The Labute approximate surface area is 127 Å². The molecule has 0 aromatic rings. The molecule has 1 unspecified atom stereocenters. The molecule has 2 fully saturated rings. The largest absolute Gasteiger partial charge is 0.329 e. The second-order valence-corrected chi connectivity index (χ2v) is 9.11. The molecule has 0 aliphatic carbocycles. The van der Waals surface area contributed by atoms with Crippen LogP contribution in [0.5, 0.6) is 0 Å². The lowest BCUT2D eigenvalue weighted by atomic mass is 9.97. The van der Waals surface area contributed by atoms with Gasteiger partial charge in [0.15, 0.2) is 0 Å². The zero-order chi connectivity index (χ0) is 14.8. The average molecular weight is 322 g/mol. The first kappa shape index (κ1) is 16.5. The van der Waals surface area contributed by atoms with Crippen LogP contribution < -0.4 is 5.73 Å². The van der Waals surface area contributed by atoms with Crippen LogP contribution in [0.1, 0.15) is 39.0 Å². The molecule has 0 radical (unpaired) electrons. The van der Waals surface area contributed by atoms with Crippen molar-refractivity contribution in [3.8, 4) is 0 Å². The summed E-state index contributed by atoms with van der Waals surface area (Å²) < 4.78 is 28.9. The van der Waals surface area contributed by atoms with Gasteiger partial charge >= 0.3 is 0 Å². The number of nitrogens with two attached hydrogens (primary N) is 1. The van der Waals surface area contributed by atoms with E-state index in [-0.39, 0.29) is 10.8 Å². The average Bonchev–Trinajstić information content (AvgIpc) is 2.47. The number of rotatable bonds is 4. The van der Waals surface area contributed by atoms with E-state index in [0.29, 0.717) is 26.2 Å². The highest BCUT2D eigenvalue weighted by atomic mass is 32.2. The summed E-state index contributed by atoms with van der Waals surface area (Å²) in [6.07, 6.45) is 6.87. The van der Waals surface area contributed by atoms with E-state index in [1.165, 1.54) is 0 Å². The standard InChI is InChI=1S/C13H27N3O2S2/c1-12-5-3-4-8-16(12)20(17,18)15-9-6-13(11-14,19-2)7-10-15/h12H,3-11,14H2,1-2H3. The summed E-state index contributed by atoms with van der Waals surface area (Å²) in [5.74, 6) is 0. The molecule has 7 heteroatoms. The second kappa shape index (κ2) is 6.52. The summed E-state index contributed by atoms with van der Waals surface area (Å²) in [5.41, 5.74) is 5.87. The first-order valence-electron chi connectivity index (χ1n) is 7.47. The van der Waals surface area contributed by atoms with E-state index < -0.39 is 10.2 Å². The Morgan fingerprint density at radius 1 is 1.25 bits per heavy atom. The summed E-state index contributed by atoms with van der Waals surface area (Å²) in [4.78, 5) is 0. The van der Waals surface area contributed by atoms with Gasteiger partial charge in [-0.3, -0.25) is 0 Å². The number of hydrogen-bond acceptors (Lipinski definition) is 4. The van der Waals surface area contributed by atoms with Crippen molar-refractivity contribution < 1.29 is 8.42 Å². The molecule has 2 heterocycles. The van der Waals surface area contributed by atoms with E-state index in [0.717, 1.165) is 32.1 Å². The number of nitrogens with zero attached hydrogens (tertiary/aromatic N) is 2. The minimum Gasteiger partial charge on any atom is -0.329 e. The topological polar surface area (TPSA) is 66.6 Å². The molecule has 0 aromatic heterocycles. The molecule has 2 N–H and O–H groups in total. The minimum atomic E-state index is -3.28. The van der Waals surface area contributed by atoms with Gasteiger partial charge in [0.1, 0.15) is 0 Å². The van der Waals surface area contributed by atoms with Crippen molar-refractivity contribution >= 4 is 22.0 Å². The molecule has 0 aromatic carbocycles. The third kappa shape index (κ3) is 3.16. The van der Waals surface area contributed by atoms with Gasteiger partial charge in [-0.05, 0) is 38.9 Å². The molecule has 0 bridgehead atoms. The molecule has 20 heavy (non-hydrogen) atoms.